The van der Waals surface area contributed by atoms with Gasteiger partial charge in [-0.1, -0.05) is 0 Å². The van der Waals surface area contributed by atoms with Crippen molar-refractivity contribution in [3.05, 3.63) is 57.5 Å². The first-order valence-corrected chi connectivity index (χ1v) is 6.23. The molecule has 0 radical (unpaired) electrons. The van der Waals surface area contributed by atoms with E-state index in [-0.39, 0.29) is 6.42 Å². The molecule has 0 saturated carbocycles. The minimum Gasteiger partial charge on any atom is -0.294 e. The normalized spacial score (nSPS) is 11.6. The number of Topliss-reactive ketones (excluding diaryl/α,β-unsaturated/α-hetero) is 1. The molecule has 0 N–H and O–H groups in total. The van der Waals surface area contributed by atoms with Gasteiger partial charge in [-0.3, -0.25) is 4.79 Å². The van der Waals surface area contributed by atoms with E-state index < -0.39 is 28.9 Å². The molecule has 0 aliphatic rings. The van der Waals surface area contributed by atoms with Gasteiger partial charge in [0.15, 0.2) is 5.78 Å². The fraction of sp³-hybridized carbons (Fsp3) is 0.154. The third kappa shape index (κ3) is 3.20. The van der Waals surface area contributed by atoms with E-state index in [4.69, 9.17) is 0 Å². The molecule has 0 amide bonds. The molecule has 0 unspecified atom stereocenters. The van der Waals surface area contributed by atoms with Gasteiger partial charge in [0, 0.05) is 12.0 Å². The maximum Gasteiger partial charge on any atom is 0.417 e. The number of thiophene rings is 1. The van der Waals surface area contributed by atoms with Gasteiger partial charge in [-0.15, -0.1) is 0 Å². The van der Waals surface area contributed by atoms with Crippen molar-refractivity contribution in [1.82, 2.24) is 0 Å². The van der Waals surface area contributed by atoms with Crippen molar-refractivity contribution >= 4 is 17.1 Å². The number of rotatable bonds is 3. The first-order valence-electron chi connectivity index (χ1n) is 5.29. The van der Waals surface area contributed by atoms with E-state index in [0.717, 1.165) is 0 Å². The summed E-state index contributed by atoms with van der Waals surface area (Å²) in [5.74, 6) is -1.60. The molecule has 1 aromatic heterocycles. The Morgan fingerprint density at radius 2 is 1.95 bits per heavy atom. The van der Waals surface area contributed by atoms with Crippen molar-refractivity contribution in [2.75, 3.05) is 0 Å². The third-order valence-corrected chi connectivity index (χ3v) is 3.26. The Morgan fingerprint density at radius 3 is 2.53 bits per heavy atom. The van der Waals surface area contributed by atoms with Gasteiger partial charge in [0.05, 0.1) is 5.56 Å². The van der Waals surface area contributed by atoms with Gasteiger partial charge >= 0.3 is 6.18 Å². The average Bonchev–Trinajstić information content (AvgIpc) is 2.80. The Hall–Kier alpha value is -1.69. The van der Waals surface area contributed by atoms with E-state index in [9.17, 15) is 22.4 Å². The highest BCUT2D eigenvalue weighted by Crippen LogP contribution is 2.33. The fourth-order valence-corrected chi connectivity index (χ4v) is 2.34. The summed E-state index contributed by atoms with van der Waals surface area (Å²) in [5, 5.41) is 3.39. The van der Waals surface area contributed by atoms with Crippen molar-refractivity contribution in [3.63, 3.8) is 0 Å². The van der Waals surface area contributed by atoms with Crippen LogP contribution in [-0.2, 0) is 12.6 Å². The molecule has 2 aromatic rings. The smallest absolute Gasteiger partial charge is 0.294 e. The number of hydrogen-bond donors (Lipinski definition) is 0. The van der Waals surface area contributed by atoms with Gasteiger partial charge in [0.2, 0.25) is 0 Å². The molecule has 1 aromatic carbocycles. The zero-order valence-corrected chi connectivity index (χ0v) is 10.3. The standard InChI is InChI=1S/C13H8F4OS/c14-9-1-2-11(13(15,16)17)10(6-9)12(18)5-8-3-4-19-7-8/h1-4,6-7H,5H2. The average molecular weight is 288 g/mol. The molecular formula is C13H8F4OS. The summed E-state index contributed by atoms with van der Waals surface area (Å²) >= 11 is 1.34. The number of hydrogen-bond acceptors (Lipinski definition) is 2. The van der Waals surface area contributed by atoms with Gasteiger partial charge in [-0.05, 0) is 40.6 Å². The number of halogens is 4. The van der Waals surface area contributed by atoms with Crippen LogP contribution in [0.25, 0.3) is 0 Å². The van der Waals surface area contributed by atoms with Crippen LogP contribution in [0.2, 0.25) is 0 Å². The topological polar surface area (TPSA) is 17.1 Å². The molecule has 1 heterocycles. The number of alkyl halides is 3. The van der Waals surface area contributed by atoms with Crippen LogP contribution < -0.4 is 0 Å². The SMILES string of the molecule is O=C(Cc1ccsc1)c1cc(F)ccc1C(F)(F)F. The zero-order chi connectivity index (χ0) is 14.0. The van der Waals surface area contributed by atoms with Crippen LogP contribution in [0.5, 0.6) is 0 Å². The number of carbonyl (C=O) groups excluding carboxylic acids is 1. The molecule has 0 aliphatic carbocycles. The maximum atomic E-state index is 13.1. The van der Waals surface area contributed by atoms with E-state index in [1.807, 2.05) is 0 Å². The lowest BCUT2D eigenvalue weighted by Gasteiger charge is -2.11. The van der Waals surface area contributed by atoms with Crippen LogP contribution in [0.4, 0.5) is 17.6 Å². The molecule has 1 nitrogen and oxygen atoms in total. The Bertz CT molecular complexity index is 587. The molecule has 0 aliphatic heterocycles. The lowest BCUT2D eigenvalue weighted by Crippen LogP contribution is -2.14. The Morgan fingerprint density at radius 1 is 1.21 bits per heavy atom. The summed E-state index contributed by atoms with van der Waals surface area (Å²) < 4.78 is 51.3. The summed E-state index contributed by atoms with van der Waals surface area (Å²) in [7, 11) is 0. The summed E-state index contributed by atoms with van der Waals surface area (Å²) in [6.45, 7) is 0. The van der Waals surface area contributed by atoms with Gasteiger partial charge in [0.1, 0.15) is 5.82 Å². The molecule has 2 rings (SSSR count). The van der Waals surface area contributed by atoms with E-state index in [0.29, 0.717) is 23.8 Å². The van der Waals surface area contributed by atoms with Crippen molar-refractivity contribution in [2.24, 2.45) is 0 Å². The van der Waals surface area contributed by atoms with Crippen LogP contribution in [0.3, 0.4) is 0 Å². The van der Waals surface area contributed by atoms with Gasteiger partial charge < -0.3 is 0 Å². The number of ketones is 1. The summed E-state index contributed by atoms with van der Waals surface area (Å²) in [4.78, 5) is 11.9. The van der Waals surface area contributed by atoms with Crippen molar-refractivity contribution in [1.29, 1.82) is 0 Å². The molecular weight excluding hydrogens is 280 g/mol. The first kappa shape index (κ1) is 13.7. The van der Waals surface area contributed by atoms with Crippen molar-refractivity contribution in [3.8, 4) is 0 Å². The highest BCUT2D eigenvalue weighted by atomic mass is 32.1. The Kier molecular flexibility index (Phi) is 3.71. The second-order valence-electron chi connectivity index (χ2n) is 3.92. The van der Waals surface area contributed by atoms with E-state index in [2.05, 4.69) is 0 Å². The quantitative estimate of drug-likeness (QED) is 0.607. The van der Waals surface area contributed by atoms with Crippen LogP contribution >= 0.6 is 11.3 Å². The molecule has 0 atom stereocenters. The van der Waals surface area contributed by atoms with Crippen LogP contribution in [-0.4, -0.2) is 5.78 Å². The zero-order valence-electron chi connectivity index (χ0n) is 9.50. The number of carbonyl (C=O) groups is 1. The van der Waals surface area contributed by atoms with E-state index in [1.165, 1.54) is 11.3 Å². The predicted octanol–water partition coefficient (Wildman–Crippen LogP) is 4.33. The fourth-order valence-electron chi connectivity index (χ4n) is 1.67. The summed E-state index contributed by atoms with van der Waals surface area (Å²) in [5.41, 5.74) is -1.11. The predicted molar refractivity (Wildman–Crippen MR) is 63.8 cm³/mol. The van der Waals surface area contributed by atoms with Crippen LogP contribution in [0.15, 0.2) is 35.0 Å². The summed E-state index contributed by atoms with van der Waals surface area (Å²) in [6.07, 6.45) is -4.84. The Balaban J connectivity index is 2.37. The van der Waals surface area contributed by atoms with E-state index >= 15 is 0 Å². The molecule has 0 saturated heterocycles. The highest BCUT2D eigenvalue weighted by molar-refractivity contribution is 7.08. The maximum absolute atomic E-state index is 13.1. The van der Waals surface area contributed by atoms with Gasteiger partial charge in [-0.2, -0.15) is 24.5 Å². The third-order valence-electron chi connectivity index (χ3n) is 2.53. The lowest BCUT2D eigenvalue weighted by molar-refractivity contribution is -0.137. The molecule has 0 spiro atoms. The minimum absolute atomic E-state index is 0.171. The molecule has 100 valence electrons. The molecule has 0 fully saturated rings. The minimum atomic E-state index is -4.67. The largest absolute Gasteiger partial charge is 0.417 e. The molecule has 0 bridgehead atoms. The monoisotopic (exact) mass is 288 g/mol. The van der Waals surface area contributed by atoms with Crippen LogP contribution in [0, 0.1) is 5.82 Å². The van der Waals surface area contributed by atoms with Gasteiger partial charge in [-0.25, -0.2) is 4.39 Å². The Labute approximate surface area is 110 Å². The second-order valence-corrected chi connectivity index (χ2v) is 4.70. The highest BCUT2D eigenvalue weighted by Gasteiger charge is 2.35. The molecule has 6 heteroatoms. The number of benzene rings is 1. The second kappa shape index (κ2) is 5.13. The first-order chi connectivity index (χ1) is 8.88. The lowest BCUT2D eigenvalue weighted by atomic mass is 9.99. The van der Waals surface area contributed by atoms with Crippen molar-refractivity contribution < 1.29 is 22.4 Å². The summed E-state index contributed by atoms with van der Waals surface area (Å²) in [6, 6.07) is 3.58. The van der Waals surface area contributed by atoms with Crippen LogP contribution in [0.1, 0.15) is 21.5 Å². The van der Waals surface area contributed by atoms with E-state index in [1.54, 1.807) is 16.8 Å². The van der Waals surface area contributed by atoms with Gasteiger partial charge in [0.25, 0.3) is 0 Å². The molecule has 19 heavy (non-hydrogen) atoms. The van der Waals surface area contributed by atoms with Crippen molar-refractivity contribution in [2.45, 2.75) is 12.6 Å².